The van der Waals surface area contributed by atoms with Gasteiger partial charge in [0, 0.05) is 47.8 Å². The number of thiocarbonyl (C=S) groups is 1. The van der Waals surface area contributed by atoms with Gasteiger partial charge in [0.2, 0.25) is 0 Å². The van der Waals surface area contributed by atoms with Crippen LogP contribution in [-0.2, 0) is 24.3 Å². The Bertz CT molecular complexity index is 1320. The molecule has 2 heterocycles. The van der Waals surface area contributed by atoms with E-state index in [4.69, 9.17) is 36.6 Å². The van der Waals surface area contributed by atoms with Gasteiger partial charge in [-0.2, -0.15) is 4.39 Å². The van der Waals surface area contributed by atoms with Gasteiger partial charge in [-0.15, -0.1) is 0 Å². The summed E-state index contributed by atoms with van der Waals surface area (Å²) < 4.78 is 36.3. The smallest absolute Gasteiger partial charge is 0.278 e. The lowest BCUT2D eigenvalue weighted by Gasteiger charge is -2.14. The molecule has 0 amide bonds. The first-order valence-electron chi connectivity index (χ1n) is 10.8. The molecule has 2 aromatic carbocycles. The molecule has 34 heavy (non-hydrogen) atoms. The molecule has 0 bridgehead atoms. The predicted molar refractivity (Wildman–Crippen MR) is 133 cm³/mol. The monoisotopic (exact) mass is 480 g/mol. The van der Waals surface area contributed by atoms with Crippen LogP contribution in [0.3, 0.4) is 0 Å². The largest absolute Gasteiger partial charge is 0.497 e. The fourth-order valence-electron chi connectivity index (χ4n) is 3.71. The number of halogens is 1. The Morgan fingerprint density at radius 3 is 2.76 bits per heavy atom. The Hall–Kier alpha value is -3.49. The highest BCUT2D eigenvalue weighted by molar-refractivity contribution is 7.80. The summed E-state index contributed by atoms with van der Waals surface area (Å²) >= 11 is 5.31. The van der Waals surface area contributed by atoms with Gasteiger partial charge < -0.3 is 24.4 Å². The van der Waals surface area contributed by atoms with Crippen molar-refractivity contribution in [3.8, 4) is 22.6 Å². The number of benzene rings is 2. The maximum absolute atomic E-state index is 14.0. The van der Waals surface area contributed by atoms with E-state index in [1.807, 2.05) is 49.4 Å². The molecule has 0 fully saturated rings. The van der Waals surface area contributed by atoms with Crippen LogP contribution in [0.5, 0.6) is 11.5 Å². The summed E-state index contributed by atoms with van der Waals surface area (Å²) in [6.07, 6.45) is 2.12. The SMILES string of the molecule is CCOC(=S)Cc1ccc(OC)cc1OCc1cc(-c2ccnc(CN)c2)c2oc(F)cc2c1. The van der Waals surface area contributed by atoms with Gasteiger partial charge in [0.05, 0.1) is 19.4 Å². The summed E-state index contributed by atoms with van der Waals surface area (Å²) in [6, 6.07) is 13.8. The fraction of sp³-hybridized carbons (Fsp3) is 0.231. The third-order valence-corrected chi connectivity index (χ3v) is 5.55. The van der Waals surface area contributed by atoms with Crippen molar-refractivity contribution >= 4 is 28.2 Å². The number of fused-ring (bicyclic) bond motifs is 1. The standard InChI is InChI=1S/C26H25FN2O4S/c1-3-31-25(34)12-18-4-5-21(30-2)13-23(18)32-15-16-8-19-11-24(27)33-26(19)22(9-16)17-6-7-29-20(10-17)14-28/h4-11,13H,3,12,14-15,28H2,1-2H3. The molecule has 0 spiro atoms. The molecule has 4 aromatic rings. The van der Waals surface area contributed by atoms with Crippen molar-refractivity contribution in [1.29, 1.82) is 0 Å². The van der Waals surface area contributed by atoms with E-state index in [0.29, 0.717) is 47.1 Å². The molecule has 176 valence electrons. The fourth-order valence-corrected chi connectivity index (χ4v) is 3.98. The minimum atomic E-state index is -0.651. The highest BCUT2D eigenvalue weighted by Gasteiger charge is 2.15. The van der Waals surface area contributed by atoms with Gasteiger partial charge in [-0.1, -0.05) is 6.07 Å². The molecule has 8 heteroatoms. The minimum Gasteiger partial charge on any atom is -0.497 e. The summed E-state index contributed by atoms with van der Waals surface area (Å²) in [4.78, 5) is 4.24. The minimum absolute atomic E-state index is 0.242. The van der Waals surface area contributed by atoms with Gasteiger partial charge in [0.1, 0.15) is 23.7 Å². The van der Waals surface area contributed by atoms with Crippen LogP contribution < -0.4 is 15.2 Å². The Morgan fingerprint density at radius 1 is 1.15 bits per heavy atom. The number of aromatic nitrogens is 1. The molecule has 6 nitrogen and oxygen atoms in total. The molecule has 0 aliphatic heterocycles. The number of pyridine rings is 1. The van der Waals surface area contributed by atoms with E-state index in [1.54, 1.807) is 13.3 Å². The van der Waals surface area contributed by atoms with Gasteiger partial charge in [-0.25, -0.2) is 0 Å². The van der Waals surface area contributed by atoms with Crippen molar-refractivity contribution in [3.63, 3.8) is 0 Å². The van der Waals surface area contributed by atoms with Crippen LogP contribution >= 0.6 is 12.2 Å². The molecule has 4 rings (SSSR count). The summed E-state index contributed by atoms with van der Waals surface area (Å²) in [5, 5.41) is 1.13. The van der Waals surface area contributed by atoms with Crippen molar-refractivity contribution in [3.05, 3.63) is 77.6 Å². The lowest BCUT2D eigenvalue weighted by Crippen LogP contribution is -2.07. The molecule has 0 atom stereocenters. The second-order valence-corrected chi connectivity index (χ2v) is 8.05. The van der Waals surface area contributed by atoms with Crippen molar-refractivity contribution in [2.45, 2.75) is 26.5 Å². The molecule has 2 aromatic heterocycles. The second kappa shape index (κ2) is 10.6. The van der Waals surface area contributed by atoms with E-state index in [0.717, 1.165) is 27.9 Å². The van der Waals surface area contributed by atoms with E-state index in [-0.39, 0.29) is 6.61 Å². The molecule has 0 radical (unpaired) electrons. The number of ether oxygens (including phenoxy) is 3. The summed E-state index contributed by atoms with van der Waals surface area (Å²) in [5.41, 5.74) is 10.2. The van der Waals surface area contributed by atoms with Crippen LogP contribution in [0.2, 0.25) is 0 Å². The Morgan fingerprint density at radius 2 is 2.00 bits per heavy atom. The maximum atomic E-state index is 14.0. The first kappa shape index (κ1) is 23.7. The van der Waals surface area contributed by atoms with E-state index in [2.05, 4.69) is 4.98 Å². The van der Waals surface area contributed by atoms with Crippen LogP contribution in [0, 0.1) is 6.01 Å². The Balaban J connectivity index is 1.67. The van der Waals surface area contributed by atoms with E-state index in [9.17, 15) is 4.39 Å². The number of methoxy groups -OCH3 is 1. The number of rotatable bonds is 9. The van der Waals surface area contributed by atoms with E-state index in [1.165, 1.54) is 6.07 Å². The van der Waals surface area contributed by atoms with Gasteiger partial charge in [-0.3, -0.25) is 4.98 Å². The molecule has 0 saturated heterocycles. The lowest BCUT2D eigenvalue weighted by atomic mass is 10.0. The van der Waals surface area contributed by atoms with E-state index < -0.39 is 6.01 Å². The summed E-state index contributed by atoms with van der Waals surface area (Å²) in [7, 11) is 1.60. The number of hydrogen-bond acceptors (Lipinski definition) is 7. The van der Waals surface area contributed by atoms with Crippen molar-refractivity contribution in [2.75, 3.05) is 13.7 Å². The van der Waals surface area contributed by atoms with Gasteiger partial charge in [0.25, 0.3) is 6.01 Å². The molecular weight excluding hydrogens is 455 g/mol. The zero-order chi connectivity index (χ0) is 24.1. The van der Waals surface area contributed by atoms with Crippen LogP contribution in [0.25, 0.3) is 22.1 Å². The van der Waals surface area contributed by atoms with Gasteiger partial charge in [-0.05, 0) is 60.6 Å². The first-order chi connectivity index (χ1) is 16.5. The highest BCUT2D eigenvalue weighted by atomic mass is 32.1. The van der Waals surface area contributed by atoms with E-state index >= 15 is 0 Å². The van der Waals surface area contributed by atoms with Crippen molar-refractivity contribution < 1.29 is 23.0 Å². The van der Waals surface area contributed by atoms with Gasteiger partial charge in [0.15, 0.2) is 5.05 Å². The number of furan rings is 1. The Kier molecular flexibility index (Phi) is 7.40. The molecule has 0 aliphatic rings. The summed E-state index contributed by atoms with van der Waals surface area (Å²) in [5.74, 6) is 1.30. The third-order valence-electron chi connectivity index (χ3n) is 5.29. The zero-order valence-electron chi connectivity index (χ0n) is 19.0. The van der Waals surface area contributed by atoms with Crippen LogP contribution in [0.15, 0.2) is 59.1 Å². The first-order valence-corrected chi connectivity index (χ1v) is 11.2. The molecule has 0 saturated carbocycles. The topological polar surface area (TPSA) is 79.7 Å². The number of hydrogen-bond donors (Lipinski definition) is 1. The van der Waals surface area contributed by atoms with Crippen LogP contribution in [0.4, 0.5) is 4.39 Å². The molecule has 2 N–H and O–H groups in total. The van der Waals surface area contributed by atoms with Crippen molar-refractivity contribution in [1.82, 2.24) is 4.98 Å². The molecule has 0 unspecified atom stereocenters. The molecule has 0 aliphatic carbocycles. The summed E-state index contributed by atoms with van der Waals surface area (Å²) in [6.45, 7) is 2.94. The average Bonchev–Trinajstić information content (AvgIpc) is 3.23. The highest BCUT2D eigenvalue weighted by Crippen LogP contribution is 2.33. The average molecular weight is 481 g/mol. The van der Waals surface area contributed by atoms with Gasteiger partial charge >= 0.3 is 0 Å². The van der Waals surface area contributed by atoms with Crippen molar-refractivity contribution in [2.24, 2.45) is 5.73 Å². The predicted octanol–water partition coefficient (Wildman–Crippen LogP) is 5.59. The number of nitrogens with two attached hydrogens (primary N) is 1. The number of nitrogens with zero attached hydrogens (tertiary/aromatic N) is 1. The maximum Gasteiger partial charge on any atom is 0.278 e. The quantitative estimate of drug-likeness (QED) is 0.313. The lowest BCUT2D eigenvalue weighted by molar-refractivity contribution is 0.299. The second-order valence-electron chi connectivity index (χ2n) is 7.60. The van der Waals surface area contributed by atoms with Crippen LogP contribution in [-0.4, -0.2) is 23.8 Å². The normalized spacial score (nSPS) is 10.9. The van der Waals surface area contributed by atoms with Crippen LogP contribution in [0.1, 0.15) is 23.7 Å². The zero-order valence-corrected chi connectivity index (χ0v) is 19.8. The molecular formula is C26H25FN2O4S. The Labute approximate surface area is 202 Å². The third kappa shape index (κ3) is 5.35.